The molecule has 0 saturated heterocycles. The predicted octanol–water partition coefficient (Wildman–Crippen LogP) is 1.24. The number of aliphatic hydroxyl groups is 1. The first-order valence-corrected chi connectivity index (χ1v) is 6.46. The van der Waals surface area contributed by atoms with Crippen molar-refractivity contribution in [1.29, 1.82) is 0 Å². The number of β-amino-alcohol motifs (C(OH)–C–C–N with tert-alkyl or cyclic N) is 1. The number of aliphatic hydroxyl groups excluding tert-OH is 1. The van der Waals surface area contributed by atoms with E-state index in [2.05, 4.69) is 4.90 Å². The molecule has 0 saturated carbocycles. The van der Waals surface area contributed by atoms with Crippen LogP contribution >= 0.6 is 0 Å². The summed E-state index contributed by atoms with van der Waals surface area (Å²) in [7, 11) is 0. The second-order valence-corrected chi connectivity index (χ2v) is 5.11. The fraction of sp³-hybridized carbons (Fsp3) is 0.500. The molecule has 0 aromatic heterocycles. The fourth-order valence-electron chi connectivity index (χ4n) is 2.58. The van der Waals surface area contributed by atoms with Gasteiger partial charge in [-0.05, 0) is 30.2 Å². The van der Waals surface area contributed by atoms with Crippen molar-refractivity contribution in [2.24, 2.45) is 0 Å². The van der Waals surface area contributed by atoms with Gasteiger partial charge in [0.15, 0.2) is 11.5 Å². The standard InChI is InChI=1S/C14H17NO4/c1-9(16)2-3-15-6-10-4-13-14(19-8-18-13)5-11(10)12(17)7-15/h4-5,12,17H,2-3,6-8H2,1H3/t12-/m1/s1. The zero-order valence-electron chi connectivity index (χ0n) is 10.9. The van der Waals surface area contributed by atoms with E-state index >= 15 is 0 Å². The van der Waals surface area contributed by atoms with Gasteiger partial charge >= 0.3 is 0 Å². The van der Waals surface area contributed by atoms with Crippen LogP contribution in [0.2, 0.25) is 0 Å². The van der Waals surface area contributed by atoms with E-state index in [1.165, 1.54) is 0 Å². The minimum Gasteiger partial charge on any atom is -0.454 e. The molecule has 0 amide bonds. The molecule has 19 heavy (non-hydrogen) atoms. The molecule has 2 aliphatic rings. The summed E-state index contributed by atoms with van der Waals surface area (Å²) in [5, 5.41) is 10.2. The van der Waals surface area contributed by atoms with Crippen LogP contribution in [-0.2, 0) is 11.3 Å². The van der Waals surface area contributed by atoms with E-state index in [9.17, 15) is 9.90 Å². The predicted molar refractivity (Wildman–Crippen MR) is 68.1 cm³/mol. The van der Waals surface area contributed by atoms with E-state index in [1.807, 2.05) is 12.1 Å². The first-order valence-electron chi connectivity index (χ1n) is 6.46. The molecule has 5 heteroatoms. The van der Waals surface area contributed by atoms with Crippen molar-refractivity contribution >= 4 is 5.78 Å². The lowest BCUT2D eigenvalue weighted by molar-refractivity contribution is -0.117. The largest absolute Gasteiger partial charge is 0.454 e. The molecule has 0 fully saturated rings. The number of ether oxygens (including phenoxy) is 2. The molecular weight excluding hydrogens is 246 g/mol. The van der Waals surface area contributed by atoms with Crippen LogP contribution in [0, 0.1) is 0 Å². The fourth-order valence-corrected chi connectivity index (χ4v) is 2.58. The second-order valence-electron chi connectivity index (χ2n) is 5.11. The third-order valence-corrected chi connectivity index (χ3v) is 3.60. The highest BCUT2D eigenvalue weighted by molar-refractivity contribution is 5.75. The SMILES string of the molecule is CC(=O)CCN1Cc2cc3c(cc2[C@H](O)C1)OCO3. The van der Waals surface area contributed by atoms with Gasteiger partial charge in [0.2, 0.25) is 6.79 Å². The lowest BCUT2D eigenvalue weighted by atomic mass is 9.96. The van der Waals surface area contributed by atoms with Crippen molar-refractivity contribution in [2.75, 3.05) is 19.9 Å². The molecular formula is C14H17NO4. The van der Waals surface area contributed by atoms with Gasteiger partial charge in [0, 0.05) is 26.1 Å². The smallest absolute Gasteiger partial charge is 0.231 e. The zero-order valence-corrected chi connectivity index (χ0v) is 10.9. The summed E-state index contributed by atoms with van der Waals surface area (Å²) < 4.78 is 10.7. The van der Waals surface area contributed by atoms with Gasteiger partial charge in [-0.1, -0.05) is 0 Å². The van der Waals surface area contributed by atoms with Gasteiger partial charge in [0.25, 0.3) is 0 Å². The number of rotatable bonds is 3. The number of ketones is 1. The summed E-state index contributed by atoms with van der Waals surface area (Å²) in [5.41, 5.74) is 1.95. The summed E-state index contributed by atoms with van der Waals surface area (Å²) in [6.07, 6.45) is -0.0164. The van der Waals surface area contributed by atoms with Crippen LogP contribution < -0.4 is 9.47 Å². The molecule has 1 aromatic rings. The highest BCUT2D eigenvalue weighted by Crippen LogP contribution is 2.39. The maximum absolute atomic E-state index is 11.0. The van der Waals surface area contributed by atoms with Crippen molar-refractivity contribution in [3.63, 3.8) is 0 Å². The highest BCUT2D eigenvalue weighted by Gasteiger charge is 2.27. The average molecular weight is 263 g/mol. The number of benzene rings is 1. The van der Waals surface area contributed by atoms with E-state index in [0.29, 0.717) is 25.3 Å². The summed E-state index contributed by atoms with van der Waals surface area (Å²) >= 11 is 0. The normalized spacial score (nSPS) is 21.3. The number of carbonyl (C=O) groups excluding carboxylic acids is 1. The van der Waals surface area contributed by atoms with Crippen LogP contribution in [0.15, 0.2) is 12.1 Å². The summed E-state index contributed by atoms with van der Waals surface area (Å²) in [5.74, 6) is 1.61. The number of nitrogens with zero attached hydrogens (tertiary/aromatic N) is 1. The molecule has 3 rings (SSSR count). The van der Waals surface area contributed by atoms with E-state index < -0.39 is 6.10 Å². The Balaban J connectivity index is 1.81. The molecule has 2 heterocycles. The van der Waals surface area contributed by atoms with Crippen molar-refractivity contribution in [2.45, 2.75) is 26.0 Å². The van der Waals surface area contributed by atoms with Gasteiger partial charge in [0.1, 0.15) is 5.78 Å². The van der Waals surface area contributed by atoms with E-state index in [1.54, 1.807) is 6.92 Å². The zero-order chi connectivity index (χ0) is 13.4. The second kappa shape index (κ2) is 4.83. The van der Waals surface area contributed by atoms with Crippen molar-refractivity contribution < 1.29 is 19.4 Å². The molecule has 0 unspecified atom stereocenters. The molecule has 0 bridgehead atoms. The van der Waals surface area contributed by atoms with Gasteiger partial charge in [-0.25, -0.2) is 0 Å². The molecule has 1 aromatic carbocycles. The quantitative estimate of drug-likeness (QED) is 0.889. The molecule has 1 N–H and O–H groups in total. The Morgan fingerprint density at radius 3 is 2.89 bits per heavy atom. The summed E-state index contributed by atoms with van der Waals surface area (Å²) in [6, 6.07) is 3.80. The van der Waals surface area contributed by atoms with Crippen molar-refractivity contribution in [1.82, 2.24) is 4.90 Å². The Hall–Kier alpha value is -1.59. The first kappa shape index (κ1) is 12.4. The molecule has 0 aliphatic carbocycles. The number of Topliss-reactive ketones (excluding diaryl/α,β-unsaturated/α-hetero) is 1. The van der Waals surface area contributed by atoms with Gasteiger partial charge < -0.3 is 14.6 Å². The Morgan fingerprint density at radius 1 is 1.42 bits per heavy atom. The number of carbonyl (C=O) groups is 1. The molecule has 0 spiro atoms. The molecule has 1 atom stereocenters. The van der Waals surface area contributed by atoms with E-state index in [4.69, 9.17) is 9.47 Å². The van der Waals surface area contributed by atoms with Crippen molar-refractivity contribution in [3.8, 4) is 11.5 Å². The van der Waals surface area contributed by atoms with E-state index in [0.717, 1.165) is 23.4 Å². The van der Waals surface area contributed by atoms with Crippen molar-refractivity contribution in [3.05, 3.63) is 23.3 Å². The van der Waals surface area contributed by atoms with Gasteiger partial charge in [-0.2, -0.15) is 0 Å². The first-order chi connectivity index (χ1) is 9.13. The molecule has 0 radical (unpaired) electrons. The Bertz CT molecular complexity index is 514. The van der Waals surface area contributed by atoms with Gasteiger partial charge in [-0.15, -0.1) is 0 Å². The third-order valence-electron chi connectivity index (χ3n) is 3.60. The lowest BCUT2D eigenvalue weighted by Gasteiger charge is -2.32. The number of hydrogen-bond donors (Lipinski definition) is 1. The van der Waals surface area contributed by atoms with E-state index in [-0.39, 0.29) is 12.6 Å². The molecule has 2 aliphatic heterocycles. The van der Waals surface area contributed by atoms with Gasteiger partial charge in [-0.3, -0.25) is 9.69 Å². The van der Waals surface area contributed by atoms with Crippen LogP contribution in [0.5, 0.6) is 11.5 Å². The maximum atomic E-state index is 11.0. The Kier molecular flexibility index (Phi) is 3.16. The molecule has 5 nitrogen and oxygen atoms in total. The average Bonchev–Trinajstić information content (AvgIpc) is 2.81. The monoisotopic (exact) mass is 263 g/mol. The van der Waals surface area contributed by atoms with Crippen LogP contribution in [0.3, 0.4) is 0 Å². The number of hydrogen-bond acceptors (Lipinski definition) is 5. The van der Waals surface area contributed by atoms with Crippen LogP contribution in [-0.4, -0.2) is 35.7 Å². The minimum atomic E-state index is -0.537. The minimum absolute atomic E-state index is 0.172. The Morgan fingerprint density at radius 2 is 2.16 bits per heavy atom. The summed E-state index contributed by atoms with van der Waals surface area (Å²) in [4.78, 5) is 13.1. The molecule has 102 valence electrons. The van der Waals surface area contributed by atoms with Crippen LogP contribution in [0.25, 0.3) is 0 Å². The third kappa shape index (κ3) is 2.43. The number of fused-ring (bicyclic) bond motifs is 2. The summed E-state index contributed by atoms with van der Waals surface area (Å²) in [6.45, 7) is 3.80. The lowest BCUT2D eigenvalue weighted by Crippen LogP contribution is -2.34. The van der Waals surface area contributed by atoms with Gasteiger partial charge in [0.05, 0.1) is 6.10 Å². The van der Waals surface area contributed by atoms with Crippen LogP contribution in [0.1, 0.15) is 30.6 Å². The Labute approximate surface area is 111 Å². The maximum Gasteiger partial charge on any atom is 0.231 e. The topological polar surface area (TPSA) is 59.0 Å². The van der Waals surface area contributed by atoms with Crippen LogP contribution in [0.4, 0.5) is 0 Å². The highest BCUT2D eigenvalue weighted by atomic mass is 16.7.